The molecule has 2 nitrogen and oxygen atoms in total. The van der Waals surface area contributed by atoms with Crippen LogP contribution in [0, 0.1) is 12.3 Å². The van der Waals surface area contributed by atoms with Crippen LogP contribution in [0.5, 0.6) is 0 Å². The molecule has 0 bridgehead atoms. The molecule has 0 aliphatic carbocycles. The zero-order chi connectivity index (χ0) is 8.69. The third-order valence-electron chi connectivity index (χ3n) is 1.22. The van der Waals surface area contributed by atoms with Gasteiger partial charge in [0.25, 0.3) is 0 Å². The Morgan fingerprint density at radius 3 is 2.55 bits per heavy atom. The standard InChI is InChI=1S/C9H10O2/c1-3-8(10)6-5-7-9(11)4-2/h1,4H,2,5-7H2. The van der Waals surface area contributed by atoms with Crippen molar-refractivity contribution >= 4 is 11.6 Å². The minimum absolute atomic E-state index is 0.0465. The van der Waals surface area contributed by atoms with E-state index in [2.05, 4.69) is 6.58 Å². The van der Waals surface area contributed by atoms with E-state index in [4.69, 9.17) is 6.42 Å². The van der Waals surface area contributed by atoms with Crippen LogP contribution in [-0.2, 0) is 9.59 Å². The summed E-state index contributed by atoms with van der Waals surface area (Å²) in [6, 6.07) is 0. The van der Waals surface area contributed by atoms with Crippen LogP contribution in [0.1, 0.15) is 19.3 Å². The third-order valence-corrected chi connectivity index (χ3v) is 1.22. The second-order valence-corrected chi connectivity index (χ2v) is 2.09. The molecule has 0 saturated carbocycles. The van der Waals surface area contributed by atoms with Crippen molar-refractivity contribution < 1.29 is 9.59 Å². The zero-order valence-electron chi connectivity index (χ0n) is 6.30. The number of ketones is 2. The molecule has 0 aromatic heterocycles. The molecule has 11 heavy (non-hydrogen) atoms. The maximum atomic E-state index is 10.6. The van der Waals surface area contributed by atoms with Gasteiger partial charge in [0.1, 0.15) is 0 Å². The van der Waals surface area contributed by atoms with Gasteiger partial charge in [-0.3, -0.25) is 9.59 Å². The smallest absolute Gasteiger partial charge is 0.205 e. The summed E-state index contributed by atoms with van der Waals surface area (Å²) < 4.78 is 0. The van der Waals surface area contributed by atoms with E-state index in [0.717, 1.165) is 0 Å². The average Bonchev–Trinajstić information content (AvgIpc) is 2.04. The van der Waals surface area contributed by atoms with Crippen LogP contribution >= 0.6 is 0 Å². The predicted molar refractivity (Wildman–Crippen MR) is 42.9 cm³/mol. The maximum Gasteiger partial charge on any atom is 0.205 e. The second-order valence-electron chi connectivity index (χ2n) is 2.09. The summed E-state index contributed by atoms with van der Waals surface area (Å²) in [6.07, 6.45) is 7.23. The fraction of sp³-hybridized carbons (Fsp3) is 0.333. The Bertz CT molecular complexity index is 208. The van der Waals surface area contributed by atoms with Crippen LogP contribution in [0.2, 0.25) is 0 Å². The fourth-order valence-corrected chi connectivity index (χ4v) is 0.597. The quantitative estimate of drug-likeness (QED) is 0.334. The van der Waals surface area contributed by atoms with Gasteiger partial charge in [-0.2, -0.15) is 0 Å². The van der Waals surface area contributed by atoms with E-state index in [1.165, 1.54) is 6.08 Å². The van der Waals surface area contributed by atoms with Crippen LogP contribution in [0.25, 0.3) is 0 Å². The van der Waals surface area contributed by atoms with Crippen molar-refractivity contribution in [2.75, 3.05) is 0 Å². The van der Waals surface area contributed by atoms with Crippen LogP contribution in [0.4, 0.5) is 0 Å². The summed E-state index contributed by atoms with van der Waals surface area (Å²) in [5.41, 5.74) is 0. The molecule has 0 aromatic rings. The summed E-state index contributed by atoms with van der Waals surface area (Å²) >= 11 is 0. The first-order chi connectivity index (χ1) is 5.20. The van der Waals surface area contributed by atoms with Crippen LogP contribution in [-0.4, -0.2) is 11.6 Å². The monoisotopic (exact) mass is 150 g/mol. The molecule has 0 heterocycles. The minimum atomic E-state index is -0.248. The normalized spacial score (nSPS) is 8.27. The van der Waals surface area contributed by atoms with Gasteiger partial charge in [-0.15, -0.1) is 6.42 Å². The molecule has 0 amide bonds. The van der Waals surface area contributed by atoms with Crippen molar-refractivity contribution in [3.05, 3.63) is 12.7 Å². The van der Waals surface area contributed by atoms with E-state index in [1.54, 1.807) is 0 Å². The molecule has 0 spiro atoms. The molecule has 0 aromatic carbocycles. The Morgan fingerprint density at radius 1 is 1.45 bits per heavy atom. The number of Topliss-reactive ketones (excluding diaryl/α,β-unsaturated/α-hetero) is 1. The Morgan fingerprint density at radius 2 is 2.09 bits per heavy atom. The number of terminal acetylenes is 1. The summed E-state index contributed by atoms with van der Waals surface area (Å²) in [5.74, 6) is 1.69. The highest BCUT2D eigenvalue weighted by Gasteiger charge is 1.99. The van der Waals surface area contributed by atoms with Crippen LogP contribution in [0.15, 0.2) is 12.7 Å². The van der Waals surface area contributed by atoms with Crippen molar-refractivity contribution in [1.29, 1.82) is 0 Å². The van der Waals surface area contributed by atoms with Gasteiger partial charge in [0.05, 0.1) is 0 Å². The molecule has 0 N–H and O–H groups in total. The largest absolute Gasteiger partial charge is 0.295 e. The summed E-state index contributed by atoms with van der Waals surface area (Å²) in [5, 5.41) is 0. The number of carbonyl (C=O) groups excluding carboxylic acids is 2. The lowest BCUT2D eigenvalue weighted by atomic mass is 10.1. The van der Waals surface area contributed by atoms with E-state index in [9.17, 15) is 9.59 Å². The second kappa shape index (κ2) is 5.43. The lowest BCUT2D eigenvalue weighted by molar-refractivity contribution is -0.115. The topological polar surface area (TPSA) is 34.1 Å². The first-order valence-corrected chi connectivity index (χ1v) is 3.35. The highest BCUT2D eigenvalue weighted by Crippen LogP contribution is 1.97. The van der Waals surface area contributed by atoms with Gasteiger partial charge in [-0.05, 0) is 18.4 Å². The van der Waals surface area contributed by atoms with Crippen LogP contribution < -0.4 is 0 Å². The van der Waals surface area contributed by atoms with Crippen molar-refractivity contribution in [2.45, 2.75) is 19.3 Å². The van der Waals surface area contributed by atoms with Gasteiger partial charge in [-0.1, -0.05) is 6.58 Å². The summed E-state index contributed by atoms with van der Waals surface area (Å²) in [7, 11) is 0. The molecule has 58 valence electrons. The highest BCUT2D eigenvalue weighted by atomic mass is 16.1. The zero-order valence-corrected chi connectivity index (χ0v) is 6.30. The first kappa shape index (κ1) is 9.64. The molecule has 0 unspecified atom stereocenters. The first-order valence-electron chi connectivity index (χ1n) is 3.35. The fourth-order valence-electron chi connectivity index (χ4n) is 0.597. The molecule has 0 saturated heterocycles. The van der Waals surface area contributed by atoms with Crippen molar-refractivity contribution in [3.8, 4) is 12.3 Å². The van der Waals surface area contributed by atoms with E-state index >= 15 is 0 Å². The molecule has 0 atom stereocenters. The lowest BCUT2D eigenvalue weighted by Crippen LogP contribution is -1.96. The molecule has 0 aliphatic heterocycles. The Balaban J connectivity index is 3.44. The molecule has 0 aliphatic rings. The molecular weight excluding hydrogens is 140 g/mol. The molecular formula is C9H10O2. The van der Waals surface area contributed by atoms with Crippen molar-refractivity contribution in [3.63, 3.8) is 0 Å². The minimum Gasteiger partial charge on any atom is -0.295 e. The van der Waals surface area contributed by atoms with E-state index in [1.807, 2.05) is 5.92 Å². The van der Waals surface area contributed by atoms with Gasteiger partial charge in [0, 0.05) is 12.8 Å². The molecule has 0 rings (SSSR count). The number of allylic oxidation sites excluding steroid dienone is 1. The maximum absolute atomic E-state index is 10.6. The molecule has 0 radical (unpaired) electrons. The van der Waals surface area contributed by atoms with Gasteiger partial charge in [0.2, 0.25) is 5.78 Å². The van der Waals surface area contributed by atoms with E-state index < -0.39 is 0 Å². The van der Waals surface area contributed by atoms with Gasteiger partial charge in [-0.25, -0.2) is 0 Å². The van der Waals surface area contributed by atoms with Gasteiger partial charge >= 0.3 is 0 Å². The summed E-state index contributed by atoms with van der Waals surface area (Å²) in [6.45, 7) is 3.30. The van der Waals surface area contributed by atoms with Crippen molar-refractivity contribution in [1.82, 2.24) is 0 Å². The Hall–Kier alpha value is -1.36. The molecule has 0 fully saturated rings. The van der Waals surface area contributed by atoms with E-state index in [0.29, 0.717) is 12.8 Å². The Kier molecular flexibility index (Phi) is 4.76. The van der Waals surface area contributed by atoms with Gasteiger partial charge < -0.3 is 0 Å². The SMILES string of the molecule is C#CC(=O)CCCC(=O)C=C. The number of rotatable bonds is 5. The average molecular weight is 150 g/mol. The van der Waals surface area contributed by atoms with E-state index in [-0.39, 0.29) is 18.0 Å². The number of hydrogen-bond acceptors (Lipinski definition) is 2. The summed E-state index contributed by atoms with van der Waals surface area (Å²) in [4.78, 5) is 21.1. The predicted octanol–water partition coefficient (Wildman–Crippen LogP) is 1.11. The van der Waals surface area contributed by atoms with Crippen LogP contribution in [0.3, 0.4) is 0 Å². The Labute approximate surface area is 66.3 Å². The number of carbonyl (C=O) groups is 2. The van der Waals surface area contributed by atoms with Crippen molar-refractivity contribution in [2.24, 2.45) is 0 Å². The molecule has 2 heteroatoms. The highest BCUT2D eigenvalue weighted by molar-refractivity contribution is 5.95. The lowest BCUT2D eigenvalue weighted by Gasteiger charge is -1.91. The number of hydrogen-bond donors (Lipinski definition) is 0. The van der Waals surface area contributed by atoms with Gasteiger partial charge in [0.15, 0.2) is 5.78 Å². The third kappa shape index (κ3) is 5.10.